The molecule has 144 valence electrons. The van der Waals surface area contributed by atoms with Gasteiger partial charge in [0.25, 0.3) is 0 Å². The first kappa shape index (κ1) is 19.2. The van der Waals surface area contributed by atoms with Crippen LogP contribution in [-0.2, 0) is 11.3 Å². The first-order valence-electron chi connectivity index (χ1n) is 8.73. The molecule has 0 spiro atoms. The lowest BCUT2D eigenvalue weighted by atomic mass is 10.1. The predicted octanol–water partition coefficient (Wildman–Crippen LogP) is 4.10. The summed E-state index contributed by atoms with van der Waals surface area (Å²) in [5.41, 5.74) is 0.646. The molecule has 0 aromatic heterocycles. The van der Waals surface area contributed by atoms with Gasteiger partial charge < -0.3 is 10.1 Å². The summed E-state index contributed by atoms with van der Waals surface area (Å²) in [6.07, 6.45) is 1.96. The van der Waals surface area contributed by atoms with Gasteiger partial charge in [0.1, 0.15) is 5.75 Å². The van der Waals surface area contributed by atoms with Crippen molar-refractivity contribution in [2.75, 3.05) is 12.4 Å². The number of halogens is 3. The van der Waals surface area contributed by atoms with Gasteiger partial charge in [-0.25, -0.2) is 13.2 Å². The molecule has 1 aliphatic rings. The number of anilines is 1. The molecule has 0 radical (unpaired) electrons. The van der Waals surface area contributed by atoms with Crippen molar-refractivity contribution in [1.29, 1.82) is 0 Å². The Morgan fingerprint density at radius 1 is 1.15 bits per heavy atom. The van der Waals surface area contributed by atoms with E-state index >= 15 is 0 Å². The van der Waals surface area contributed by atoms with Crippen LogP contribution in [0.25, 0.3) is 0 Å². The van der Waals surface area contributed by atoms with Crippen LogP contribution in [0, 0.1) is 17.5 Å². The van der Waals surface area contributed by atoms with Crippen LogP contribution in [0.3, 0.4) is 0 Å². The molecule has 2 aromatic rings. The first-order valence-corrected chi connectivity index (χ1v) is 8.73. The Labute approximate surface area is 155 Å². The van der Waals surface area contributed by atoms with E-state index in [0.717, 1.165) is 36.3 Å². The van der Waals surface area contributed by atoms with Crippen LogP contribution >= 0.6 is 0 Å². The minimum Gasteiger partial charge on any atom is -0.497 e. The lowest BCUT2D eigenvalue weighted by Gasteiger charge is -2.28. The third kappa shape index (κ3) is 4.42. The second-order valence-electron chi connectivity index (χ2n) is 6.64. The van der Waals surface area contributed by atoms with E-state index in [2.05, 4.69) is 5.32 Å². The lowest BCUT2D eigenvalue weighted by molar-refractivity contribution is -0.121. The molecule has 2 aromatic carbocycles. The highest BCUT2D eigenvalue weighted by molar-refractivity contribution is 5.94. The maximum atomic E-state index is 13.8. The largest absolute Gasteiger partial charge is 0.497 e. The molecule has 4 nitrogen and oxygen atoms in total. The van der Waals surface area contributed by atoms with Gasteiger partial charge in [-0.15, -0.1) is 0 Å². The van der Waals surface area contributed by atoms with Gasteiger partial charge in [0.05, 0.1) is 18.8 Å². The number of hydrogen-bond donors (Lipinski definition) is 1. The molecule has 0 saturated heterocycles. The number of hydrogen-bond acceptors (Lipinski definition) is 3. The minimum atomic E-state index is -1.60. The van der Waals surface area contributed by atoms with Crippen molar-refractivity contribution in [1.82, 2.24) is 4.90 Å². The number of methoxy groups -OCH3 is 1. The Hall–Kier alpha value is -2.54. The fourth-order valence-electron chi connectivity index (χ4n) is 2.94. The zero-order chi connectivity index (χ0) is 19.6. The van der Waals surface area contributed by atoms with Crippen molar-refractivity contribution in [2.24, 2.45) is 0 Å². The van der Waals surface area contributed by atoms with E-state index in [-0.39, 0.29) is 11.7 Å². The number of carbonyl (C=O) groups is 1. The first-order chi connectivity index (χ1) is 12.9. The van der Waals surface area contributed by atoms with Gasteiger partial charge in [-0.1, -0.05) is 12.1 Å². The van der Waals surface area contributed by atoms with Crippen LogP contribution in [0.1, 0.15) is 25.3 Å². The summed E-state index contributed by atoms with van der Waals surface area (Å²) in [5.74, 6) is -4.02. The number of nitrogens with zero attached hydrogens (tertiary/aromatic N) is 1. The fraction of sp³-hybridized carbons (Fsp3) is 0.350. The SMILES string of the molecule is COc1ccc(CN(C2CC2)[C@@H](C)C(=O)Nc2ccc(F)c(F)c2F)cc1. The van der Waals surface area contributed by atoms with Crippen molar-refractivity contribution in [3.63, 3.8) is 0 Å². The molecule has 1 fully saturated rings. The lowest BCUT2D eigenvalue weighted by Crippen LogP contribution is -2.43. The summed E-state index contributed by atoms with van der Waals surface area (Å²) in [6, 6.07) is 9.05. The summed E-state index contributed by atoms with van der Waals surface area (Å²) in [5, 5.41) is 2.36. The number of ether oxygens (including phenoxy) is 1. The van der Waals surface area contributed by atoms with Gasteiger partial charge >= 0.3 is 0 Å². The number of nitrogens with one attached hydrogen (secondary N) is 1. The van der Waals surface area contributed by atoms with E-state index in [0.29, 0.717) is 6.54 Å². The highest BCUT2D eigenvalue weighted by Gasteiger charge is 2.35. The van der Waals surface area contributed by atoms with Gasteiger partial charge in [-0.3, -0.25) is 9.69 Å². The van der Waals surface area contributed by atoms with Gasteiger partial charge in [0.2, 0.25) is 5.91 Å². The molecule has 0 bridgehead atoms. The smallest absolute Gasteiger partial charge is 0.241 e. The molecular weight excluding hydrogens is 357 g/mol. The Kier molecular flexibility index (Phi) is 5.70. The van der Waals surface area contributed by atoms with E-state index < -0.39 is 29.4 Å². The van der Waals surface area contributed by atoms with Crippen molar-refractivity contribution in [2.45, 2.75) is 38.4 Å². The maximum absolute atomic E-state index is 13.8. The monoisotopic (exact) mass is 378 g/mol. The molecule has 3 rings (SSSR count). The average Bonchev–Trinajstić information content (AvgIpc) is 3.51. The molecule has 1 amide bonds. The zero-order valence-electron chi connectivity index (χ0n) is 15.1. The quantitative estimate of drug-likeness (QED) is 0.738. The molecule has 27 heavy (non-hydrogen) atoms. The van der Waals surface area contributed by atoms with Crippen molar-refractivity contribution in [3.8, 4) is 5.75 Å². The number of amides is 1. The van der Waals surface area contributed by atoms with Crippen molar-refractivity contribution in [3.05, 3.63) is 59.4 Å². The predicted molar refractivity (Wildman–Crippen MR) is 96.0 cm³/mol. The Bertz CT molecular complexity index is 823. The van der Waals surface area contributed by atoms with Crippen LogP contribution in [0.15, 0.2) is 36.4 Å². The highest BCUT2D eigenvalue weighted by Crippen LogP contribution is 2.31. The van der Waals surface area contributed by atoms with E-state index in [1.807, 2.05) is 29.2 Å². The van der Waals surface area contributed by atoms with Crippen LogP contribution in [0.2, 0.25) is 0 Å². The summed E-state index contributed by atoms with van der Waals surface area (Å²) >= 11 is 0. The van der Waals surface area contributed by atoms with Crippen molar-refractivity contribution >= 4 is 11.6 Å². The second-order valence-corrected chi connectivity index (χ2v) is 6.64. The van der Waals surface area contributed by atoms with E-state index in [1.165, 1.54) is 0 Å². The highest BCUT2D eigenvalue weighted by atomic mass is 19.2. The Morgan fingerprint density at radius 3 is 2.41 bits per heavy atom. The van der Waals surface area contributed by atoms with Crippen molar-refractivity contribution < 1.29 is 22.7 Å². The molecule has 1 atom stereocenters. The molecule has 1 N–H and O–H groups in total. The number of rotatable bonds is 7. The number of carbonyl (C=O) groups excluding carboxylic acids is 1. The molecule has 1 aliphatic carbocycles. The summed E-state index contributed by atoms with van der Waals surface area (Å²) in [4.78, 5) is 14.6. The maximum Gasteiger partial charge on any atom is 0.241 e. The molecule has 7 heteroatoms. The van der Waals surface area contributed by atoms with Gasteiger partial charge in [-0.2, -0.15) is 0 Å². The zero-order valence-corrected chi connectivity index (χ0v) is 15.1. The molecule has 1 saturated carbocycles. The summed E-state index contributed by atoms with van der Waals surface area (Å²) in [6.45, 7) is 2.26. The average molecular weight is 378 g/mol. The summed E-state index contributed by atoms with van der Waals surface area (Å²) < 4.78 is 45.4. The van der Waals surface area contributed by atoms with Crippen LogP contribution in [0.4, 0.5) is 18.9 Å². The normalized spacial score (nSPS) is 14.9. The third-order valence-electron chi connectivity index (χ3n) is 4.71. The molecular formula is C20H21F3N2O2. The molecule has 0 heterocycles. The number of benzene rings is 2. The van der Waals surface area contributed by atoms with Crippen LogP contribution in [0.5, 0.6) is 5.75 Å². The topological polar surface area (TPSA) is 41.6 Å². The van der Waals surface area contributed by atoms with Crippen LogP contribution in [-0.4, -0.2) is 30.0 Å². The third-order valence-corrected chi connectivity index (χ3v) is 4.71. The second kappa shape index (κ2) is 8.00. The van der Waals surface area contributed by atoms with Gasteiger partial charge in [0.15, 0.2) is 17.5 Å². The fourth-order valence-corrected chi connectivity index (χ4v) is 2.94. The van der Waals surface area contributed by atoms with Crippen LogP contribution < -0.4 is 10.1 Å². The van der Waals surface area contributed by atoms with Gasteiger partial charge in [0, 0.05) is 12.6 Å². The van der Waals surface area contributed by atoms with E-state index in [4.69, 9.17) is 4.74 Å². The Balaban J connectivity index is 1.71. The molecule has 0 unspecified atom stereocenters. The van der Waals surface area contributed by atoms with Gasteiger partial charge in [-0.05, 0) is 49.6 Å². The van der Waals surface area contributed by atoms with E-state index in [1.54, 1.807) is 14.0 Å². The summed E-state index contributed by atoms with van der Waals surface area (Å²) in [7, 11) is 1.59. The van der Waals surface area contributed by atoms with E-state index in [9.17, 15) is 18.0 Å². The Morgan fingerprint density at radius 2 is 1.81 bits per heavy atom. The molecule has 0 aliphatic heterocycles. The standard InChI is InChI=1S/C20H21F3N2O2/c1-12(20(26)24-17-10-9-16(21)18(22)19(17)23)25(14-5-6-14)11-13-3-7-15(27-2)8-4-13/h3-4,7-10,12,14H,5-6,11H2,1-2H3,(H,24,26)/t12-/m0/s1. The minimum absolute atomic E-state index is 0.266.